The van der Waals surface area contributed by atoms with Crippen molar-refractivity contribution in [1.29, 1.82) is 0 Å². The van der Waals surface area contributed by atoms with Crippen LogP contribution >= 0.6 is 11.6 Å². The first-order valence-corrected chi connectivity index (χ1v) is 8.29. The largest absolute Gasteiger partial charge is 0.468 e. The molecule has 1 saturated heterocycles. The van der Waals surface area contributed by atoms with E-state index in [1.54, 1.807) is 12.1 Å². The third-order valence-electron chi connectivity index (χ3n) is 4.09. The minimum absolute atomic E-state index is 0.0363. The first-order chi connectivity index (χ1) is 11.0. The summed E-state index contributed by atoms with van der Waals surface area (Å²) in [4.78, 5) is 26.0. The van der Waals surface area contributed by atoms with E-state index in [0.29, 0.717) is 18.0 Å². The summed E-state index contributed by atoms with van der Waals surface area (Å²) in [5.74, 6) is -0.274. The van der Waals surface area contributed by atoms with Crippen LogP contribution in [0.25, 0.3) is 0 Å². The SMILES string of the molecule is CCC(=O)N[C@H]1CCCN([C@@H](C(=O)OC)c2cccc(Cl)c2)C1. The molecule has 1 fully saturated rings. The zero-order valence-electron chi connectivity index (χ0n) is 13.5. The first-order valence-electron chi connectivity index (χ1n) is 7.91. The lowest BCUT2D eigenvalue weighted by Gasteiger charge is -2.37. The van der Waals surface area contributed by atoms with Gasteiger partial charge in [-0.2, -0.15) is 0 Å². The van der Waals surface area contributed by atoms with Gasteiger partial charge in [0.15, 0.2) is 0 Å². The maximum Gasteiger partial charge on any atom is 0.327 e. The highest BCUT2D eigenvalue weighted by atomic mass is 35.5. The Hall–Kier alpha value is -1.59. The van der Waals surface area contributed by atoms with Crippen molar-refractivity contribution >= 4 is 23.5 Å². The lowest BCUT2D eigenvalue weighted by atomic mass is 9.99. The van der Waals surface area contributed by atoms with E-state index in [-0.39, 0.29) is 17.9 Å². The molecule has 2 atom stereocenters. The molecule has 0 saturated carbocycles. The Balaban J connectivity index is 2.18. The molecule has 1 aliphatic heterocycles. The summed E-state index contributed by atoms with van der Waals surface area (Å²) >= 11 is 6.06. The van der Waals surface area contributed by atoms with Gasteiger partial charge < -0.3 is 10.1 Å². The quantitative estimate of drug-likeness (QED) is 0.838. The molecule has 1 aromatic rings. The lowest BCUT2D eigenvalue weighted by molar-refractivity contribution is -0.148. The van der Waals surface area contributed by atoms with E-state index in [9.17, 15) is 9.59 Å². The summed E-state index contributed by atoms with van der Waals surface area (Å²) in [5, 5.41) is 3.60. The van der Waals surface area contributed by atoms with Gasteiger partial charge in [0.25, 0.3) is 0 Å². The number of halogens is 1. The Morgan fingerprint density at radius 3 is 2.91 bits per heavy atom. The Morgan fingerprint density at radius 1 is 1.48 bits per heavy atom. The van der Waals surface area contributed by atoms with Crippen LogP contribution in [0.3, 0.4) is 0 Å². The molecular weight excluding hydrogens is 316 g/mol. The second kappa shape index (κ2) is 8.31. The Bertz CT molecular complexity index is 565. The number of hydrogen-bond donors (Lipinski definition) is 1. The number of piperidine rings is 1. The van der Waals surface area contributed by atoms with Gasteiger partial charge in [-0.05, 0) is 37.1 Å². The van der Waals surface area contributed by atoms with Gasteiger partial charge in [-0.25, -0.2) is 4.79 Å². The summed E-state index contributed by atoms with van der Waals surface area (Å²) in [6.07, 6.45) is 2.31. The minimum atomic E-state index is -0.500. The summed E-state index contributed by atoms with van der Waals surface area (Å²) in [6.45, 7) is 3.24. The molecule has 0 spiro atoms. The molecule has 2 rings (SSSR count). The zero-order valence-corrected chi connectivity index (χ0v) is 14.3. The number of benzene rings is 1. The number of nitrogens with zero attached hydrogens (tertiary/aromatic N) is 1. The number of carbonyl (C=O) groups is 2. The topological polar surface area (TPSA) is 58.6 Å². The van der Waals surface area contributed by atoms with Crippen LogP contribution in [0.5, 0.6) is 0 Å². The van der Waals surface area contributed by atoms with Gasteiger partial charge in [0.05, 0.1) is 7.11 Å². The molecule has 1 aromatic carbocycles. The third kappa shape index (κ3) is 4.69. The molecule has 5 nitrogen and oxygen atoms in total. The number of carbonyl (C=O) groups excluding carboxylic acids is 2. The van der Waals surface area contributed by atoms with Crippen LogP contribution in [0.4, 0.5) is 0 Å². The van der Waals surface area contributed by atoms with Gasteiger partial charge in [0.1, 0.15) is 6.04 Å². The molecule has 1 aliphatic rings. The van der Waals surface area contributed by atoms with Crippen LogP contribution in [0, 0.1) is 0 Å². The first kappa shape index (κ1) is 17.8. The van der Waals surface area contributed by atoms with Crippen molar-refractivity contribution < 1.29 is 14.3 Å². The Kier molecular flexibility index (Phi) is 6.42. The Morgan fingerprint density at radius 2 is 2.26 bits per heavy atom. The van der Waals surface area contributed by atoms with Gasteiger partial charge in [-0.15, -0.1) is 0 Å². The van der Waals surface area contributed by atoms with E-state index in [1.165, 1.54) is 7.11 Å². The standard InChI is InChI=1S/C17H23ClN2O3/c1-3-15(21)19-14-8-5-9-20(11-14)16(17(22)23-2)12-6-4-7-13(18)10-12/h4,6-7,10,14,16H,3,5,8-9,11H2,1-2H3,(H,19,21)/t14-,16+/m0/s1. The number of rotatable bonds is 5. The lowest BCUT2D eigenvalue weighted by Crippen LogP contribution is -2.50. The number of ether oxygens (including phenoxy) is 1. The second-order valence-electron chi connectivity index (χ2n) is 5.74. The van der Waals surface area contributed by atoms with E-state index in [2.05, 4.69) is 10.2 Å². The molecule has 0 aliphatic carbocycles. The van der Waals surface area contributed by atoms with Crippen LogP contribution < -0.4 is 5.32 Å². The maximum atomic E-state index is 12.3. The van der Waals surface area contributed by atoms with Crippen molar-refractivity contribution in [2.24, 2.45) is 0 Å². The number of esters is 1. The van der Waals surface area contributed by atoms with Gasteiger partial charge in [-0.1, -0.05) is 30.7 Å². The highest BCUT2D eigenvalue weighted by Crippen LogP contribution is 2.27. The minimum Gasteiger partial charge on any atom is -0.468 e. The molecule has 0 unspecified atom stereocenters. The molecular formula is C17H23ClN2O3. The monoisotopic (exact) mass is 338 g/mol. The van der Waals surface area contributed by atoms with E-state index in [4.69, 9.17) is 16.3 Å². The molecule has 1 amide bonds. The molecule has 0 aromatic heterocycles. The highest BCUT2D eigenvalue weighted by molar-refractivity contribution is 6.30. The summed E-state index contributed by atoms with van der Waals surface area (Å²) in [6, 6.07) is 6.83. The molecule has 126 valence electrons. The number of amides is 1. The Labute approximate surface area is 141 Å². The second-order valence-corrected chi connectivity index (χ2v) is 6.17. The summed E-state index contributed by atoms with van der Waals surface area (Å²) in [7, 11) is 1.39. The average molecular weight is 339 g/mol. The number of nitrogens with one attached hydrogen (secondary N) is 1. The maximum absolute atomic E-state index is 12.3. The molecule has 1 N–H and O–H groups in total. The van der Waals surface area contributed by atoms with Crippen molar-refractivity contribution in [3.63, 3.8) is 0 Å². The molecule has 23 heavy (non-hydrogen) atoms. The summed E-state index contributed by atoms with van der Waals surface area (Å²) in [5.41, 5.74) is 0.812. The van der Waals surface area contributed by atoms with Crippen LogP contribution in [0.2, 0.25) is 5.02 Å². The van der Waals surface area contributed by atoms with Gasteiger partial charge in [-0.3, -0.25) is 9.69 Å². The smallest absolute Gasteiger partial charge is 0.327 e. The predicted octanol–water partition coefficient (Wildman–Crippen LogP) is 2.54. The van der Waals surface area contributed by atoms with E-state index in [1.807, 2.05) is 19.1 Å². The van der Waals surface area contributed by atoms with Crippen molar-refractivity contribution in [1.82, 2.24) is 10.2 Å². The molecule has 6 heteroatoms. The van der Waals surface area contributed by atoms with Crippen LogP contribution in [-0.2, 0) is 14.3 Å². The van der Waals surface area contributed by atoms with E-state index < -0.39 is 6.04 Å². The number of likely N-dealkylation sites (tertiary alicyclic amines) is 1. The summed E-state index contributed by atoms with van der Waals surface area (Å²) < 4.78 is 4.99. The van der Waals surface area contributed by atoms with Gasteiger partial charge in [0.2, 0.25) is 5.91 Å². The average Bonchev–Trinajstić information content (AvgIpc) is 2.55. The molecule has 1 heterocycles. The highest BCUT2D eigenvalue weighted by Gasteiger charge is 2.32. The van der Waals surface area contributed by atoms with Gasteiger partial charge in [0, 0.05) is 24.0 Å². The number of hydrogen-bond acceptors (Lipinski definition) is 4. The fourth-order valence-corrected chi connectivity index (χ4v) is 3.17. The van der Waals surface area contributed by atoms with Crippen molar-refractivity contribution in [3.8, 4) is 0 Å². The third-order valence-corrected chi connectivity index (χ3v) is 4.33. The van der Waals surface area contributed by atoms with Crippen molar-refractivity contribution in [2.45, 2.75) is 38.3 Å². The van der Waals surface area contributed by atoms with Crippen LogP contribution in [0.1, 0.15) is 37.8 Å². The number of methoxy groups -OCH3 is 1. The normalized spacial score (nSPS) is 19.9. The van der Waals surface area contributed by atoms with Crippen LogP contribution in [0.15, 0.2) is 24.3 Å². The van der Waals surface area contributed by atoms with E-state index >= 15 is 0 Å². The van der Waals surface area contributed by atoms with Crippen molar-refractivity contribution in [2.75, 3.05) is 20.2 Å². The molecule has 0 radical (unpaired) electrons. The zero-order chi connectivity index (χ0) is 16.8. The fourth-order valence-electron chi connectivity index (χ4n) is 2.97. The molecule has 0 bridgehead atoms. The van der Waals surface area contributed by atoms with Gasteiger partial charge >= 0.3 is 5.97 Å². The van der Waals surface area contributed by atoms with Crippen LogP contribution in [-0.4, -0.2) is 43.0 Å². The fraction of sp³-hybridized carbons (Fsp3) is 0.529. The predicted molar refractivity (Wildman–Crippen MR) is 89.2 cm³/mol. The van der Waals surface area contributed by atoms with Crippen molar-refractivity contribution in [3.05, 3.63) is 34.9 Å². The van der Waals surface area contributed by atoms with E-state index in [0.717, 1.165) is 24.9 Å².